The molecule has 0 unspecified atom stereocenters. The van der Waals surface area contributed by atoms with Gasteiger partial charge in [0.25, 0.3) is 0 Å². The summed E-state index contributed by atoms with van der Waals surface area (Å²) in [6, 6.07) is 9.15. The fourth-order valence-electron chi connectivity index (χ4n) is 1.79. The van der Waals surface area contributed by atoms with E-state index in [1.165, 1.54) is 6.33 Å². The van der Waals surface area contributed by atoms with E-state index in [4.69, 9.17) is 0 Å². The first-order valence-corrected chi connectivity index (χ1v) is 6.89. The van der Waals surface area contributed by atoms with Crippen LogP contribution in [0.25, 0.3) is 5.69 Å². The molecule has 3 rings (SSSR count). The van der Waals surface area contributed by atoms with Gasteiger partial charge in [-0.2, -0.15) is 0 Å². The van der Waals surface area contributed by atoms with Crippen molar-refractivity contribution < 1.29 is 4.92 Å². The van der Waals surface area contributed by atoms with Gasteiger partial charge < -0.3 is 5.32 Å². The van der Waals surface area contributed by atoms with Crippen molar-refractivity contribution in [1.29, 1.82) is 0 Å². The van der Waals surface area contributed by atoms with Gasteiger partial charge in [0.15, 0.2) is 0 Å². The van der Waals surface area contributed by atoms with Gasteiger partial charge in [-0.15, -0.1) is 5.10 Å². The highest BCUT2D eigenvalue weighted by atomic mass is 32.1. The van der Waals surface area contributed by atoms with E-state index in [9.17, 15) is 10.1 Å². The smallest absolute Gasteiger partial charge is 0.324 e. The molecule has 0 saturated carbocycles. The maximum absolute atomic E-state index is 10.6. The van der Waals surface area contributed by atoms with Crippen molar-refractivity contribution in [1.82, 2.24) is 20.2 Å². The van der Waals surface area contributed by atoms with Crippen LogP contribution in [0.1, 0.15) is 5.56 Å². The van der Waals surface area contributed by atoms with Crippen molar-refractivity contribution in [2.24, 2.45) is 0 Å². The Bertz CT molecular complexity index is 755. The van der Waals surface area contributed by atoms with Crippen molar-refractivity contribution in [3.63, 3.8) is 0 Å². The summed E-state index contributed by atoms with van der Waals surface area (Å²) >= 11 is 1.12. The normalized spacial score (nSPS) is 10.5. The number of aromatic nitrogens is 4. The molecule has 2 heterocycles. The van der Waals surface area contributed by atoms with Gasteiger partial charge in [0.1, 0.15) is 6.33 Å². The van der Waals surface area contributed by atoms with Gasteiger partial charge in [0, 0.05) is 23.7 Å². The molecule has 0 amide bonds. The van der Waals surface area contributed by atoms with Gasteiger partial charge in [0.2, 0.25) is 0 Å². The third kappa shape index (κ3) is 3.03. The van der Waals surface area contributed by atoms with E-state index < -0.39 is 0 Å². The summed E-state index contributed by atoms with van der Waals surface area (Å²) in [5.74, 6) is 0. The minimum Gasteiger partial charge on any atom is -0.381 e. The second kappa shape index (κ2) is 5.67. The van der Waals surface area contributed by atoms with E-state index in [1.54, 1.807) is 16.1 Å². The topological polar surface area (TPSA) is 98.8 Å². The lowest BCUT2D eigenvalue weighted by Gasteiger charge is -2.06. The SMILES string of the molecule is O=[N+]([O-])c1cc(CNc2cccc(-n3cnnn3)c2)cs1. The third-order valence-electron chi connectivity index (χ3n) is 2.78. The molecule has 0 aliphatic rings. The Morgan fingerprint density at radius 1 is 1.38 bits per heavy atom. The van der Waals surface area contributed by atoms with Crippen molar-refractivity contribution in [3.05, 3.63) is 57.7 Å². The highest BCUT2D eigenvalue weighted by Crippen LogP contribution is 2.23. The monoisotopic (exact) mass is 302 g/mol. The Morgan fingerprint density at radius 2 is 2.29 bits per heavy atom. The van der Waals surface area contributed by atoms with Crippen LogP contribution in [0.2, 0.25) is 0 Å². The van der Waals surface area contributed by atoms with E-state index in [0.29, 0.717) is 6.54 Å². The fourth-order valence-corrected chi connectivity index (χ4v) is 2.52. The molecule has 0 fully saturated rings. The molecule has 1 aromatic carbocycles. The Kier molecular flexibility index (Phi) is 3.56. The molecule has 21 heavy (non-hydrogen) atoms. The first-order chi connectivity index (χ1) is 10.2. The zero-order valence-electron chi connectivity index (χ0n) is 10.7. The molecule has 1 N–H and O–H groups in total. The maximum Gasteiger partial charge on any atom is 0.324 e. The quantitative estimate of drug-likeness (QED) is 0.573. The molecule has 8 nitrogen and oxygen atoms in total. The van der Waals surface area contributed by atoms with Crippen LogP contribution in [-0.4, -0.2) is 25.1 Å². The lowest BCUT2D eigenvalue weighted by atomic mass is 10.2. The first kappa shape index (κ1) is 13.2. The fraction of sp³-hybridized carbons (Fsp3) is 0.0833. The second-order valence-corrected chi connectivity index (χ2v) is 5.10. The average molecular weight is 302 g/mol. The van der Waals surface area contributed by atoms with Crippen LogP contribution in [0, 0.1) is 10.1 Å². The highest BCUT2D eigenvalue weighted by Gasteiger charge is 2.09. The number of nitrogens with one attached hydrogen (secondary N) is 1. The zero-order chi connectivity index (χ0) is 14.7. The van der Waals surface area contributed by atoms with E-state index in [1.807, 2.05) is 24.3 Å². The molecular formula is C12H10N6O2S. The number of rotatable bonds is 5. The summed E-state index contributed by atoms with van der Waals surface area (Å²) in [6.07, 6.45) is 1.52. The summed E-state index contributed by atoms with van der Waals surface area (Å²) in [4.78, 5) is 10.3. The third-order valence-corrected chi connectivity index (χ3v) is 3.71. The van der Waals surface area contributed by atoms with Crippen LogP contribution in [0.15, 0.2) is 42.0 Å². The standard InChI is InChI=1S/C12H10N6O2S/c19-18(20)12-4-9(7-21-12)6-13-10-2-1-3-11(5-10)17-8-14-15-16-17/h1-5,7-8,13H,6H2. The van der Waals surface area contributed by atoms with Crippen molar-refractivity contribution >= 4 is 22.0 Å². The minimum atomic E-state index is -0.382. The summed E-state index contributed by atoms with van der Waals surface area (Å²) in [6.45, 7) is 0.517. The zero-order valence-corrected chi connectivity index (χ0v) is 11.5. The molecule has 0 radical (unpaired) electrons. The Morgan fingerprint density at radius 3 is 3.00 bits per heavy atom. The number of hydrogen-bond acceptors (Lipinski definition) is 7. The van der Waals surface area contributed by atoms with Gasteiger partial charge in [0.05, 0.1) is 10.6 Å². The average Bonchev–Trinajstić information content (AvgIpc) is 3.17. The van der Waals surface area contributed by atoms with Crippen LogP contribution in [0.5, 0.6) is 0 Å². The van der Waals surface area contributed by atoms with Gasteiger partial charge in [-0.05, 0) is 34.2 Å². The van der Waals surface area contributed by atoms with Crippen LogP contribution >= 0.6 is 11.3 Å². The number of thiophene rings is 1. The van der Waals surface area contributed by atoms with Crippen molar-refractivity contribution in [2.45, 2.75) is 6.54 Å². The molecule has 9 heteroatoms. The largest absolute Gasteiger partial charge is 0.381 e. The van der Waals surface area contributed by atoms with Gasteiger partial charge in [-0.25, -0.2) is 4.68 Å². The lowest BCUT2D eigenvalue weighted by Crippen LogP contribution is -2.00. The summed E-state index contributed by atoms with van der Waals surface area (Å²) in [5.41, 5.74) is 2.60. The first-order valence-electron chi connectivity index (χ1n) is 6.01. The molecule has 106 valence electrons. The molecule has 0 aliphatic heterocycles. The van der Waals surface area contributed by atoms with Crippen LogP contribution in [0.4, 0.5) is 10.7 Å². The number of hydrogen-bond donors (Lipinski definition) is 1. The summed E-state index contributed by atoms with van der Waals surface area (Å²) < 4.78 is 1.56. The van der Waals surface area contributed by atoms with Gasteiger partial charge in [-0.3, -0.25) is 10.1 Å². The number of nitrogens with zero attached hydrogens (tertiary/aromatic N) is 5. The van der Waals surface area contributed by atoms with Crippen molar-refractivity contribution in [2.75, 3.05) is 5.32 Å². The minimum absolute atomic E-state index is 0.147. The molecule has 0 spiro atoms. The molecule has 0 saturated heterocycles. The van der Waals surface area contributed by atoms with Crippen LogP contribution in [-0.2, 0) is 6.54 Å². The van der Waals surface area contributed by atoms with Gasteiger partial charge in [-0.1, -0.05) is 17.4 Å². The Hall–Kier alpha value is -2.81. The highest BCUT2D eigenvalue weighted by molar-refractivity contribution is 7.13. The number of nitro groups is 1. The number of tetrazole rings is 1. The molecule has 2 aromatic heterocycles. The summed E-state index contributed by atoms with van der Waals surface area (Å²) in [7, 11) is 0. The number of benzene rings is 1. The Labute approximate surface area is 123 Å². The predicted molar refractivity (Wildman–Crippen MR) is 77.5 cm³/mol. The summed E-state index contributed by atoms with van der Waals surface area (Å²) in [5, 5.41) is 26.8. The molecule has 0 bridgehead atoms. The molecular weight excluding hydrogens is 292 g/mol. The predicted octanol–water partition coefficient (Wildman–Crippen LogP) is 2.24. The lowest BCUT2D eigenvalue weighted by molar-refractivity contribution is -0.380. The molecule has 0 atom stereocenters. The van der Waals surface area contributed by atoms with E-state index in [2.05, 4.69) is 20.8 Å². The van der Waals surface area contributed by atoms with Crippen molar-refractivity contribution in [3.8, 4) is 5.69 Å². The van der Waals surface area contributed by atoms with Gasteiger partial charge >= 0.3 is 5.00 Å². The Balaban J connectivity index is 1.70. The van der Waals surface area contributed by atoms with Crippen LogP contribution in [0.3, 0.4) is 0 Å². The van der Waals surface area contributed by atoms with Crippen LogP contribution < -0.4 is 5.32 Å². The van der Waals surface area contributed by atoms with E-state index in [0.717, 1.165) is 28.3 Å². The maximum atomic E-state index is 10.6. The number of anilines is 1. The van der Waals surface area contributed by atoms with E-state index >= 15 is 0 Å². The van der Waals surface area contributed by atoms with E-state index in [-0.39, 0.29) is 9.92 Å². The molecule has 0 aliphatic carbocycles. The second-order valence-electron chi connectivity index (χ2n) is 4.21. The molecule has 3 aromatic rings.